The van der Waals surface area contributed by atoms with Crippen molar-refractivity contribution in [3.05, 3.63) is 48.0 Å². The summed E-state index contributed by atoms with van der Waals surface area (Å²) < 4.78 is 42.8. The predicted molar refractivity (Wildman–Crippen MR) is 136 cm³/mol. The minimum Gasteiger partial charge on any atom is -0.497 e. The number of ether oxygens (including phenoxy) is 3. The van der Waals surface area contributed by atoms with Crippen LogP contribution in [0.25, 0.3) is 0 Å². The fourth-order valence-corrected chi connectivity index (χ4v) is 4.60. The number of hydrogen-bond acceptors (Lipinski definition) is 7. The number of anilines is 1. The summed E-state index contributed by atoms with van der Waals surface area (Å²) in [5.41, 5.74) is 0.993. The van der Waals surface area contributed by atoms with Crippen LogP contribution >= 0.6 is 0 Å². The van der Waals surface area contributed by atoms with E-state index < -0.39 is 28.5 Å². The lowest BCUT2D eigenvalue weighted by Crippen LogP contribution is -2.52. The van der Waals surface area contributed by atoms with Crippen molar-refractivity contribution in [2.24, 2.45) is 0 Å². The first-order valence-corrected chi connectivity index (χ1v) is 13.4. The number of benzene rings is 2. The summed E-state index contributed by atoms with van der Waals surface area (Å²) in [6, 6.07) is 10.9. The highest BCUT2D eigenvalue weighted by Crippen LogP contribution is 2.34. The van der Waals surface area contributed by atoms with Gasteiger partial charge in [-0.25, -0.2) is 8.42 Å². The van der Waals surface area contributed by atoms with Crippen LogP contribution in [0.2, 0.25) is 0 Å². The van der Waals surface area contributed by atoms with Crippen LogP contribution in [0.5, 0.6) is 17.2 Å². The van der Waals surface area contributed by atoms with Gasteiger partial charge in [0.2, 0.25) is 21.8 Å². The van der Waals surface area contributed by atoms with E-state index in [2.05, 4.69) is 5.32 Å². The summed E-state index contributed by atoms with van der Waals surface area (Å²) in [4.78, 5) is 27.8. The van der Waals surface area contributed by atoms with Gasteiger partial charge in [-0.1, -0.05) is 12.1 Å². The van der Waals surface area contributed by atoms with Gasteiger partial charge < -0.3 is 24.4 Å². The minimum atomic E-state index is -3.85. The van der Waals surface area contributed by atoms with Crippen LogP contribution in [0.4, 0.5) is 5.69 Å². The van der Waals surface area contributed by atoms with Gasteiger partial charge in [-0.3, -0.25) is 13.9 Å². The molecule has 2 aromatic carbocycles. The molecule has 1 heterocycles. The molecule has 2 amide bonds. The van der Waals surface area contributed by atoms with E-state index in [1.165, 1.54) is 18.1 Å². The molecule has 0 saturated heterocycles. The molecule has 1 aliphatic rings. The Morgan fingerprint density at radius 2 is 1.75 bits per heavy atom. The number of rotatable bonds is 10. The summed E-state index contributed by atoms with van der Waals surface area (Å²) in [6.45, 7) is 5.59. The van der Waals surface area contributed by atoms with Crippen molar-refractivity contribution in [3.8, 4) is 17.2 Å². The SMILES string of the molecule is COc1cccc(CN(C(=O)CN(c2ccc3c(c2)OCCO3)S(C)(=O)=O)C(C)C(=O)NC(C)C)c1. The van der Waals surface area contributed by atoms with Crippen molar-refractivity contribution in [2.45, 2.75) is 39.4 Å². The fourth-order valence-electron chi connectivity index (χ4n) is 3.76. The second kappa shape index (κ2) is 11.5. The van der Waals surface area contributed by atoms with Crippen LogP contribution in [-0.2, 0) is 26.2 Å². The Hall–Kier alpha value is -3.47. The van der Waals surface area contributed by atoms with Crippen LogP contribution in [0.1, 0.15) is 26.3 Å². The van der Waals surface area contributed by atoms with Crippen LogP contribution in [0.3, 0.4) is 0 Å². The van der Waals surface area contributed by atoms with E-state index in [1.54, 1.807) is 37.3 Å². The average Bonchev–Trinajstić information content (AvgIpc) is 2.84. The van der Waals surface area contributed by atoms with E-state index in [0.717, 1.165) is 16.1 Å². The van der Waals surface area contributed by atoms with Crippen molar-refractivity contribution in [2.75, 3.05) is 37.4 Å². The monoisotopic (exact) mass is 519 g/mol. The maximum absolute atomic E-state index is 13.6. The van der Waals surface area contributed by atoms with Gasteiger partial charge in [0.1, 0.15) is 31.5 Å². The van der Waals surface area contributed by atoms with Crippen LogP contribution in [0.15, 0.2) is 42.5 Å². The van der Waals surface area contributed by atoms with Crippen LogP contribution in [-0.4, -0.2) is 70.3 Å². The van der Waals surface area contributed by atoms with E-state index in [1.807, 2.05) is 19.9 Å². The second-order valence-corrected chi connectivity index (χ2v) is 10.7. The number of fused-ring (bicyclic) bond motifs is 1. The summed E-state index contributed by atoms with van der Waals surface area (Å²) in [7, 11) is -2.31. The van der Waals surface area contributed by atoms with Gasteiger partial charge in [-0.15, -0.1) is 0 Å². The highest BCUT2D eigenvalue weighted by molar-refractivity contribution is 7.92. The average molecular weight is 520 g/mol. The zero-order chi connectivity index (χ0) is 26.5. The molecule has 36 heavy (non-hydrogen) atoms. The van der Waals surface area contributed by atoms with Crippen molar-refractivity contribution in [1.29, 1.82) is 0 Å². The first kappa shape index (κ1) is 27.1. The molecule has 1 atom stereocenters. The van der Waals surface area contributed by atoms with E-state index in [9.17, 15) is 18.0 Å². The number of carbonyl (C=O) groups excluding carboxylic acids is 2. The third-order valence-corrected chi connectivity index (χ3v) is 6.72. The maximum atomic E-state index is 13.6. The third kappa shape index (κ3) is 6.81. The molecule has 0 spiro atoms. The summed E-state index contributed by atoms with van der Waals surface area (Å²) in [5, 5.41) is 2.82. The molecule has 2 aromatic rings. The molecule has 0 aliphatic carbocycles. The molecule has 1 aliphatic heterocycles. The Bertz CT molecular complexity index is 1200. The minimum absolute atomic E-state index is 0.0848. The molecule has 1 N–H and O–H groups in total. The molecule has 0 bridgehead atoms. The van der Waals surface area contributed by atoms with Crippen molar-refractivity contribution in [3.63, 3.8) is 0 Å². The first-order chi connectivity index (χ1) is 17.0. The fraction of sp³-hybridized carbons (Fsp3) is 0.440. The summed E-state index contributed by atoms with van der Waals surface area (Å²) in [5.74, 6) is 0.630. The topological polar surface area (TPSA) is 114 Å². The Morgan fingerprint density at radius 3 is 2.39 bits per heavy atom. The molecule has 10 nitrogen and oxygen atoms in total. The Kier molecular flexibility index (Phi) is 8.67. The zero-order valence-corrected chi connectivity index (χ0v) is 22.0. The standard InChI is InChI=1S/C25H33N3O7S/c1-17(2)26-25(30)18(3)27(15-19-7-6-8-21(13-19)33-4)24(29)16-28(36(5,31)32)20-9-10-22-23(14-20)35-12-11-34-22/h6-10,13-14,17-18H,11-12,15-16H2,1-5H3,(H,26,30). The summed E-state index contributed by atoms with van der Waals surface area (Å²) in [6.07, 6.45) is 1.03. The number of nitrogens with one attached hydrogen (secondary N) is 1. The zero-order valence-electron chi connectivity index (χ0n) is 21.2. The molecule has 11 heteroatoms. The van der Waals surface area contributed by atoms with Gasteiger partial charge in [0.15, 0.2) is 11.5 Å². The van der Waals surface area contributed by atoms with Gasteiger partial charge >= 0.3 is 0 Å². The molecule has 0 aromatic heterocycles. The Balaban J connectivity index is 1.93. The lowest BCUT2D eigenvalue weighted by Gasteiger charge is -2.32. The van der Waals surface area contributed by atoms with Gasteiger partial charge in [0.05, 0.1) is 19.1 Å². The number of hydrogen-bond donors (Lipinski definition) is 1. The van der Waals surface area contributed by atoms with Gasteiger partial charge in [-0.05, 0) is 50.6 Å². The Labute approximate surface area is 212 Å². The number of amides is 2. The normalized spacial score (nSPS) is 13.6. The molecule has 196 valence electrons. The number of sulfonamides is 1. The quantitative estimate of drug-likeness (QED) is 0.512. The van der Waals surface area contributed by atoms with Gasteiger partial charge in [-0.2, -0.15) is 0 Å². The van der Waals surface area contributed by atoms with E-state index in [4.69, 9.17) is 14.2 Å². The van der Waals surface area contributed by atoms with Crippen molar-refractivity contribution < 1.29 is 32.2 Å². The number of nitrogens with zero attached hydrogens (tertiary/aromatic N) is 2. The predicted octanol–water partition coefficient (Wildman–Crippen LogP) is 2.17. The first-order valence-electron chi connectivity index (χ1n) is 11.6. The van der Waals surface area contributed by atoms with E-state index in [-0.39, 0.29) is 24.2 Å². The van der Waals surface area contributed by atoms with Crippen LogP contribution < -0.4 is 23.8 Å². The lowest BCUT2D eigenvalue weighted by atomic mass is 10.1. The largest absolute Gasteiger partial charge is 0.497 e. The molecule has 1 unspecified atom stereocenters. The lowest BCUT2D eigenvalue weighted by molar-refractivity contribution is -0.139. The summed E-state index contributed by atoms with van der Waals surface area (Å²) >= 11 is 0. The second-order valence-electron chi connectivity index (χ2n) is 8.81. The van der Waals surface area contributed by atoms with Gasteiger partial charge in [0.25, 0.3) is 0 Å². The Morgan fingerprint density at radius 1 is 1.06 bits per heavy atom. The molecule has 0 saturated carbocycles. The molecule has 0 fully saturated rings. The van der Waals surface area contributed by atoms with Crippen molar-refractivity contribution in [1.82, 2.24) is 10.2 Å². The van der Waals surface area contributed by atoms with Crippen molar-refractivity contribution >= 4 is 27.5 Å². The highest BCUT2D eigenvalue weighted by Gasteiger charge is 2.31. The number of carbonyl (C=O) groups is 2. The third-order valence-electron chi connectivity index (χ3n) is 5.58. The molecule has 3 rings (SSSR count). The van der Waals surface area contributed by atoms with E-state index >= 15 is 0 Å². The molecular weight excluding hydrogens is 486 g/mol. The maximum Gasteiger partial charge on any atom is 0.244 e. The van der Waals surface area contributed by atoms with Crippen LogP contribution in [0, 0.1) is 0 Å². The highest BCUT2D eigenvalue weighted by atomic mass is 32.2. The number of methoxy groups -OCH3 is 1. The molecule has 0 radical (unpaired) electrons. The smallest absolute Gasteiger partial charge is 0.244 e. The van der Waals surface area contributed by atoms with Gasteiger partial charge in [0, 0.05) is 18.7 Å². The van der Waals surface area contributed by atoms with E-state index in [0.29, 0.717) is 30.5 Å². The molecular formula is C25H33N3O7S.